The predicted octanol–water partition coefficient (Wildman–Crippen LogP) is 0.513. The van der Waals surface area contributed by atoms with Crippen LogP contribution in [-0.4, -0.2) is 18.2 Å². The molecular formula is C15H15N3O3. The van der Waals surface area contributed by atoms with Crippen LogP contribution in [0.2, 0.25) is 0 Å². The Morgan fingerprint density at radius 1 is 1.19 bits per heavy atom. The SMILES string of the molecule is Nc1ccc2c(c1)COC1(OC2)C(=O)NC2=C1C=CCN2. The highest BCUT2D eigenvalue weighted by atomic mass is 16.7. The van der Waals surface area contributed by atoms with Crippen LogP contribution in [0.3, 0.4) is 0 Å². The summed E-state index contributed by atoms with van der Waals surface area (Å²) in [6.45, 7) is 1.25. The zero-order valence-corrected chi connectivity index (χ0v) is 11.3. The van der Waals surface area contributed by atoms with Crippen molar-refractivity contribution in [2.24, 2.45) is 0 Å². The van der Waals surface area contributed by atoms with Gasteiger partial charge in [0.05, 0.1) is 18.8 Å². The summed E-state index contributed by atoms with van der Waals surface area (Å²) < 4.78 is 11.8. The maximum Gasteiger partial charge on any atom is 0.291 e. The Balaban J connectivity index is 1.73. The van der Waals surface area contributed by atoms with Crippen molar-refractivity contribution in [1.82, 2.24) is 10.6 Å². The molecule has 1 amide bonds. The highest BCUT2D eigenvalue weighted by Crippen LogP contribution is 2.37. The van der Waals surface area contributed by atoms with Gasteiger partial charge in [0.2, 0.25) is 0 Å². The number of ether oxygens (including phenoxy) is 2. The molecule has 0 aromatic heterocycles. The number of hydrogen-bond acceptors (Lipinski definition) is 5. The number of dihydropyridines is 1. The minimum absolute atomic E-state index is 0.276. The van der Waals surface area contributed by atoms with Gasteiger partial charge in [-0.2, -0.15) is 0 Å². The van der Waals surface area contributed by atoms with Crippen molar-refractivity contribution >= 4 is 11.6 Å². The van der Waals surface area contributed by atoms with Crippen LogP contribution in [-0.2, 0) is 27.5 Å². The number of nitrogens with one attached hydrogen (secondary N) is 2. The first kappa shape index (κ1) is 12.4. The molecule has 4 rings (SSSR count). The van der Waals surface area contributed by atoms with E-state index in [2.05, 4.69) is 10.6 Å². The molecule has 21 heavy (non-hydrogen) atoms. The molecule has 1 atom stereocenters. The minimum atomic E-state index is -1.38. The average molecular weight is 285 g/mol. The van der Waals surface area contributed by atoms with Crippen LogP contribution in [0.1, 0.15) is 11.1 Å². The topological polar surface area (TPSA) is 85.6 Å². The van der Waals surface area contributed by atoms with E-state index in [-0.39, 0.29) is 12.5 Å². The number of amides is 1. The molecule has 6 nitrogen and oxygen atoms in total. The highest BCUT2D eigenvalue weighted by Gasteiger charge is 2.52. The first-order valence-electron chi connectivity index (χ1n) is 6.81. The number of carbonyl (C=O) groups excluding carboxylic acids is 1. The van der Waals surface area contributed by atoms with Crippen molar-refractivity contribution in [3.63, 3.8) is 0 Å². The Bertz CT molecular complexity index is 695. The molecule has 1 aromatic carbocycles. The lowest BCUT2D eigenvalue weighted by atomic mass is 10.1. The molecule has 0 fully saturated rings. The van der Waals surface area contributed by atoms with Crippen molar-refractivity contribution in [2.75, 3.05) is 12.3 Å². The van der Waals surface area contributed by atoms with Crippen molar-refractivity contribution in [1.29, 1.82) is 0 Å². The second kappa shape index (κ2) is 4.34. The van der Waals surface area contributed by atoms with E-state index in [1.54, 1.807) is 0 Å². The lowest BCUT2D eigenvalue weighted by molar-refractivity contribution is -0.211. The summed E-state index contributed by atoms with van der Waals surface area (Å²) in [7, 11) is 0. The van der Waals surface area contributed by atoms with Gasteiger partial charge in [0.25, 0.3) is 11.7 Å². The average Bonchev–Trinajstić information content (AvgIpc) is 2.64. The quantitative estimate of drug-likeness (QED) is 0.605. The standard InChI is InChI=1S/C15H15N3O3/c16-11-4-3-9-7-20-15(21-8-10(9)6-11)12-2-1-5-17-13(12)18-14(15)19/h1-4,6,17H,5,7-8,16H2,(H,18,19). The van der Waals surface area contributed by atoms with Gasteiger partial charge in [-0.15, -0.1) is 0 Å². The molecule has 3 aliphatic rings. The van der Waals surface area contributed by atoms with Crippen LogP contribution < -0.4 is 16.4 Å². The normalized spacial score (nSPS) is 27.0. The second-order valence-electron chi connectivity index (χ2n) is 5.25. The van der Waals surface area contributed by atoms with E-state index < -0.39 is 5.79 Å². The summed E-state index contributed by atoms with van der Waals surface area (Å²) in [5, 5.41) is 5.90. The summed E-state index contributed by atoms with van der Waals surface area (Å²) in [6, 6.07) is 5.58. The summed E-state index contributed by atoms with van der Waals surface area (Å²) in [5.74, 6) is -1.02. The first-order valence-corrected chi connectivity index (χ1v) is 6.81. The Morgan fingerprint density at radius 3 is 2.86 bits per heavy atom. The molecule has 0 aliphatic carbocycles. The third-order valence-electron chi connectivity index (χ3n) is 3.93. The molecule has 3 aliphatic heterocycles. The smallest absolute Gasteiger partial charge is 0.291 e. The summed E-state index contributed by atoms with van der Waals surface area (Å²) in [6.07, 6.45) is 3.80. The summed E-state index contributed by atoms with van der Waals surface area (Å²) in [4.78, 5) is 12.4. The molecule has 1 unspecified atom stereocenters. The lowest BCUT2D eigenvalue weighted by Gasteiger charge is -2.26. The zero-order chi connectivity index (χ0) is 14.4. The van der Waals surface area contributed by atoms with Gasteiger partial charge in [-0.3, -0.25) is 4.79 Å². The van der Waals surface area contributed by atoms with E-state index in [1.807, 2.05) is 30.4 Å². The molecule has 0 saturated carbocycles. The van der Waals surface area contributed by atoms with Crippen LogP contribution in [0.15, 0.2) is 41.7 Å². The number of nitrogens with two attached hydrogens (primary N) is 1. The van der Waals surface area contributed by atoms with Gasteiger partial charge in [0.1, 0.15) is 5.82 Å². The number of hydrogen-bond donors (Lipinski definition) is 3. The largest absolute Gasteiger partial charge is 0.399 e. The molecule has 4 N–H and O–H groups in total. The van der Waals surface area contributed by atoms with Gasteiger partial charge >= 0.3 is 0 Å². The molecule has 108 valence electrons. The summed E-state index contributed by atoms with van der Waals surface area (Å²) >= 11 is 0. The fourth-order valence-electron chi connectivity index (χ4n) is 2.83. The number of benzene rings is 1. The van der Waals surface area contributed by atoms with Crippen LogP contribution in [0.25, 0.3) is 0 Å². The molecular weight excluding hydrogens is 270 g/mol. The Kier molecular flexibility index (Phi) is 2.57. The van der Waals surface area contributed by atoms with Crippen molar-refractivity contribution in [2.45, 2.75) is 19.0 Å². The van der Waals surface area contributed by atoms with Gasteiger partial charge in [-0.1, -0.05) is 18.2 Å². The van der Waals surface area contributed by atoms with Gasteiger partial charge in [-0.25, -0.2) is 0 Å². The van der Waals surface area contributed by atoms with Gasteiger partial charge in [-0.05, 0) is 23.3 Å². The Hall–Kier alpha value is -2.31. The fourth-order valence-corrected chi connectivity index (χ4v) is 2.83. The lowest BCUT2D eigenvalue weighted by Crippen LogP contribution is -2.45. The van der Waals surface area contributed by atoms with Gasteiger partial charge in [0, 0.05) is 12.2 Å². The van der Waals surface area contributed by atoms with E-state index in [0.29, 0.717) is 30.2 Å². The predicted molar refractivity (Wildman–Crippen MR) is 75.5 cm³/mol. The first-order chi connectivity index (χ1) is 10.2. The van der Waals surface area contributed by atoms with Crippen LogP contribution in [0.4, 0.5) is 5.69 Å². The van der Waals surface area contributed by atoms with E-state index in [4.69, 9.17) is 15.2 Å². The highest BCUT2D eigenvalue weighted by molar-refractivity contribution is 5.93. The Morgan fingerprint density at radius 2 is 2.00 bits per heavy atom. The van der Waals surface area contributed by atoms with Crippen molar-refractivity contribution in [3.8, 4) is 0 Å². The molecule has 1 spiro atoms. The van der Waals surface area contributed by atoms with Crippen LogP contribution in [0.5, 0.6) is 0 Å². The molecule has 0 bridgehead atoms. The third kappa shape index (κ3) is 1.76. The van der Waals surface area contributed by atoms with E-state index in [9.17, 15) is 4.79 Å². The van der Waals surface area contributed by atoms with Crippen molar-refractivity contribution in [3.05, 3.63) is 52.9 Å². The molecule has 3 heterocycles. The Labute approximate surface area is 121 Å². The number of carbonyl (C=O) groups is 1. The second-order valence-corrected chi connectivity index (χ2v) is 5.25. The number of anilines is 1. The van der Waals surface area contributed by atoms with Crippen LogP contribution >= 0.6 is 0 Å². The van der Waals surface area contributed by atoms with Gasteiger partial charge < -0.3 is 25.8 Å². The number of rotatable bonds is 0. The molecule has 0 saturated heterocycles. The number of fused-ring (bicyclic) bond motifs is 2. The number of nitrogen functional groups attached to an aromatic ring is 1. The van der Waals surface area contributed by atoms with Crippen LogP contribution in [0, 0.1) is 0 Å². The van der Waals surface area contributed by atoms with E-state index in [0.717, 1.165) is 11.1 Å². The maximum atomic E-state index is 12.4. The van der Waals surface area contributed by atoms with Crippen molar-refractivity contribution < 1.29 is 14.3 Å². The fraction of sp³-hybridized carbons (Fsp3) is 0.267. The molecule has 0 radical (unpaired) electrons. The maximum absolute atomic E-state index is 12.4. The molecule has 1 aromatic rings. The van der Waals surface area contributed by atoms with Gasteiger partial charge in [0.15, 0.2) is 0 Å². The minimum Gasteiger partial charge on any atom is -0.399 e. The molecule has 6 heteroatoms. The van der Waals surface area contributed by atoms with E-state index in [1.165, 1.54) is 0 Å². The zero-order valence-electron chi connectivity index (χ0n) is 11.3. The van der Waals surface area contributed by atoms with E-state index >= 15 is 0 Å². The monoisotopic (exact) mass is 285 g/mol. The summed E-state index contributed by atoms with van der Waals surface area (Å²) in [5.41, 5.74) is 9.10. The third-order valence-corrected chi connectivity index (χ3v) is 3.93.